The Bertz CT molecular complexity index is 1050. The highest BCUT2D eigenvalue weighted by molar-refractivity contribution is 5.93. The normalized spacial score (nSPS) is 17.0. The topological polar surface area (TPSA) is 114 Å². The van der Waals surface area contributed by atoms with Gasteiger partial charge in [0.15, 0.2) is 0 Å². The Morgan fingerprint density at radius 1 is 1.06 bits per heavy atom. The first-order valence-electron chi connectivity index (χ1n) is 12.0. The van der Waals surface area contributed by atoms with E-state index in [1.807, 2.05) is 36.4 Å². The monoisotopic (exact) mass is 480 g/mol. The molecule has 0 aromatic heterocycles. The number of nitrogens with one attached hydrogen (secondary N) is 2. The number of methoxy groups -OCH3 is 1. The molecule has 2 aromatic rings. The molecule has 2 aromatic carbocycles. The summed E-state index contributed by atoms with van der Waals surface area (Å²) < 4.78 is 10.9. The second-order valence-corrected chi connectivity index (χ2v) is 9.36. The van der Waals surface area contributed by atoms with Gasteiger partial charge in [-0.25, -0.2) is 9.59 Å². The molecule has 1 fully saturated rings. The van der Waals surface area contributed by atoms with Crippen molar-refractivity contribution in [2.45, 2.75) is 50.1 Å². The minimum Gasteiger partial charge on any atom is -0.480 e. The Hall–Kier alpha value is -3.39. The predicted octanol–water partition coefficient (Wildman–Crippen LogP) is 3.69. The van der Waals surface area contributed by atoms with Gasteiger partial charge in [-0.1, -0.05) is 68.3 Å². The molecule has 1 saturated carbocycles. The summed E-state index contributed by atoms with van der Waals surface area (Å²) in [4.78, 5) is 37.8. The molecule has 2 amide bonds. The number of amides is 2. The summed E-state index contributed by atoms with van der Waals surface area (Å²) in [5.74, 6) is -1.49. The maximum atomic E-state index is 13.2. The van der Waals surface area contributed by atoms with Crippen molar-refractivity contribution in [1.29, 1.82) is 0 Å². The lowest BCUT2D eigenvalue weighted by Crippen LogP contribution is -2.63. The Balaban J connectivity index is 1.45. The summed E-state index contributed by atoms with van der Waals surface area (Å²) in [5.41, 5.74) is 2.96. The molecule has 0 aliphatic heterocycles. The van der Waals surface area contributed by atoms with E-state index in [1.54, 1.807) is 6.92 Å². The second-order valence-electron chi connectivity index (χ2n) is 9.36. The number of fused-ring (bicyclic) bond motifs is 3. The van der Waals surface area contributed by atoms with Crippen molar-refractivity contribution >= 4 is 18.0 Å². The highest BCUT2D eigenvalue weighted by Gasteiger charge is 2.42. The Kier molecular flexibility index (Phi) is 7.40. The molecule has 2 aliphatic rings. The fourth-order valence-corrected chi connectivity index (χ4v) is 4.79. The van der Waals surface area contributed by atoms with E-state index < -0.39 is 29.6 Å². The van der Waals surface area contributed by atoms with Crippen molar-refractivity contribution < 1.29 is 29.0 Å². The number of hydrogen-bond donors (Lipinski definition) is 3. The molecule has 0 saturated heterocycles. The number of carboxylic acid groups (broad SMARTS) is 1. The van der Waals surface area contributed by atoms with Gasteiger partial charge in [0, 0.05) is 13.0 Å². The van der Waals surface area contributed by atoms with Gasteiger partial charge in [0.25, 0.3) is 0 Å². The van der Waals surface area contributed by atoms with E-state index in [1.165, 1.54) is 7.11 Å². The number of alkyl carbamates (subject to hydrolysis) is 1. The van der Waals surface area contributed by atoms with Crippen LogP contribution in [-0.4, -0.2) is 55.0 Å². The van der Waals surface area contributed by atoms with Gasteiger partial charge in [-0.3, -0.25) is 4.79 Å². The van der Waals surface area contributed by atoms with Gasteiger partial charge >= 0.3 is 12.1 Å². The van der Waals surface area contributed by atoms with Gasteiger partial charge in [0.05, 0.1) is 6.61 Å². The third-order valence-corrected chi connectivity index (χ3v) is 6.98. The molecule has 8 nitrogen and oxygen atoms in total. The summed E-state index contributed by atoms with van der Waals surface area (Å²) >= 11 is 0. The fourth-order valence-electron chi connectivity index (χ4n) is 4.79. The number of aliphatic carboxylic acids is 1. The molecule has 8 heteroatoms. The predicted molar refractivity (Wildman–Crippen MR) is 130 cm³/mol. The lowest BCUT2D eigenvalue weighted by atomic mass is 9.95. The zero-order chi connectivity index (χ0) is 25.0. The van der Waals surface area contributed by atoms with Crippen LogP contribution in [0.15, 0.2) is 48.5 Å². The van der Waals surface area contributed by atoms with E-state index in [0.717, 1.165) is 35.1 Å². The zero-order valence-corrected chi connectivity index (χ0v) is 20.1. The van der Waals surface area contributed by atoms with E-state index in [2.05, 4.69) is 22.8 Å². The van der Waals surface area contributed by atoms with Crippen LogP contribution in [0.25, 0.3) is 11.1 Å². The van der Waals surface area contributed by atoms with E-state index in [-0.39, 0.29) is 25.6 Å². The van der Waals surface area contributed by atoms with Crippen LogP contribution in [0.2, 0.25) is 0 Å². The van der Waals surface area contributed by atoms with Crippen LogP contribution in [-0.2, 0) is 19.1 Å². The molecule has 3 N–H and O–H groups in total. The molecule has 2 atom stereocenters. The van der Waals surface area contributed by atoms with Gasteiger partial charge in [-0.05, 0) is 41.0 Å². The molecule has 0 bridgehead atoms. The average Bonchev–Trinajstić information content (AvgIpc) is 3.62. The van der Waals surface area contributed by atoms with Crippen LogP contribution in [0.5, 0.6) is 0 Å². The molecular formula is C27H32N2O6. The van der Waals surface area contributed by atoms with Crippen LogP contribution in [0.3, 0.4) is 0 Å². The third kappa shape index (κ3) is 5.32. The number of ether oxygens (including phenoxy) is 2. The van der Waals surface area contributed by atoms with Gasteiger partial charge in [0.2, 0.25) is 5.91 Å². The third-order valence-electron chi connectivity index (χ3n) is 6.98. The molecule has 0 heterocycles. The molecular weight excluding hydrogens is 448 g/mol. The van der Waals surface area contributed by atoms with Gasteiger partial charge < -0.3 is 25.2 Å². The van der Waals surface area contributed by atoms with E-state index >= 15 is 0 Å². The smallest absolute Gasteiger partial charge is 0.408 e. The zero-order valence-electron chi connectivity index (χ0n) is 20.1. The van der Waals surface area contributed by atoms with Crippen LogP contribution in [0, 0.1) is 5.92 Å². The quantitative estimate of drug-likeness (QED) is 0.452. The van der Waals surface area contributed by atoms with Crippen molar-refractivity contribution in [2.24, 2.45) is 5.92 Å². The minimum absolute atomic E-state index is 0.105. The molecule has 0 radical (unpaired) electrons. The van der Waals surface area contributed by atoms with Gasteiger partial charge in [-0.2, -0.15) is 0 Å². The summed E-state index contributed by atoms with van der Waals surface area (Å²) in [7, 11) is 1.43. The first-order chi connectivity index (χ1) is 16.9. The van der Waals surface area contributed by atoms with E-state index in [0.29, 0.717) is 12.3 Å². The van der Waals surface area contributed by atoms with Crippen LogP contribution < -0.4 is 10.6 Å². The molecule has 4 rings (SSSR count). The SMILES string of the molecule is CCC(COC)(NC(=O)OCC1c2ccccc2-c2ccccc21)C(=O)NC(CC1CC1)C(=O)O. The maximum Gasteiger partial charge on any atom is 0.408 e. The number of hydrogen-bond acceptors (Lipinski definition) is 5. The van der Waals surface area contributed by atoms with Crippen LogP contribution in [0.1, 0.15) is 49.7 Å². The summed E-state index contributed by atoms with van der Waals surface area (Å²) in [5, 5.41) is 14.8. The Labute approximate surface area is 205 Å². The summed E-state index contributed by atoms with van der Waals surface area (Å²) in [6.45, 7) is 1.72. The average molecular weight is 481 g/mol. The molecule has 0 spiro atoms. The Morgan fingerprint density at radius 3 is 2.17 bits per heavy atom. The number of carbonyl (C=O) groups is 3. The van der Waals surface area contributed by atoms with Crippen LogP contribution in [0.4, 0.5) is 4.79 Å². The van der Waals surface area contributed by atoms with Gasteiger partial charge in [-0.15, -0.1) is 0 Å². The number of rotatable bonds is 11. The highest BCUT2D eigenvalue weighted by atomic mass is 16.5. The van der Waals surface area contributed by atoms with Crippen molar-refractivity contribution in [3.8, 4) is 11.1 Å². The van der Waals surface area contributed by atoms with Crippen LogP contribution >= 0.6 is 0 Å². The first kappa shape index (κ1) is 24.7. The fraction of sp³-hybridized carbons (Fsp3) is 0.444. The van der Waals surface area contributed by atoms with Gasteiger partial charge in [0.1, 0.15) is 18.2 Å². The minimum atomic E-state index is -1.45. The lowest BCUT2D eigenvalue weighted by molar-refractivity contribution is -0.143. The second kappa shape index (κ2) is 10.5. The molecule has 2 unspecified atom stereocenters. The standard InChI is InChI=1S/C27H32N2O6/c1-3-27(16-34-2,25(32)28-23(24(30)31)14-17-12-13-17)29-26(33)35-15-22-20-10-6-4-8-18(20)19-9-5-7-11-21(19)22/h4-11,17,22-23H,3,12-16H2,1-2H3,(H,28,32)(H,29,33)(H,30,31). The lowest BCUT2D eigenvalue weighted by Gasteiger charge is -2.32. The summed E-state index contributed by atoms with van der Waals surface area (Å²) in [6, 6.07) is 15.0. The number of carbonyl (C=O) groups excluding carboxylic acids is 2. The van der Waals surface area contributed by atoms with Crippen molar-refractivity contribution in [2.75, 3.05) is 20.3 Å². The molecule has 186 valence electrons. The summed E-state index contributed by atoms with van der Waals surface area (Å²) in [6.07, 6.45) is 1.75. The molecule has 2 aliphatic carbocycles. The first-order valence-corrected chi connectivity index (χ1v) is 12.0. The van der Waals surface area contributed by atoms with E-state index in [9.17, 15) is 19.5 Å². The Morgan fingerprint density at radius 2 is 1.66 bits per heavy atom. The van der Waals surface area contributed by atoms with Crippen molar-refractivity contribution in [3.63, 3.8) is 0 Å². The number of benzene rings is 2. The maximum absolute atomic E-state index is 13.2. The largest absolute Gasteiger partial charge is 0.480 e. The van der Waals surface area contributed by atoms with Crippen molar-refractivity contribution in [1.82, 2.24) is 10.6 Å². The molecule has 35 heavy (non-hydrogen) atoms. The number of carboxylic acids is 1. The van der Waals surface area contributed by atoms with Crippen molar-refractivity contribution in [3.05, 3.63) is 59.7 Å². The highest BCUT2D eigenvalue weighted by Crippen LogP contribution is 2.44. The van der Waals surface area contributed by atoms with E-state index in [4.69, 9.17) is 9.47 Å².